The number of hydrogen-bond acceptors (Lipinski definition) is 4. The van der Waals surface area contributed by atoms with E-state index in [2.05, 4.69) is 51.4 Å². The van der Waals surface area contributed by atoms with E-state index < -0.39 is 0 Å². The molecule has 3 aromatic rings. The highest BCUT2D eigenvalue weighted by atomic mass is 15.3. The molecule has 2 aromatic heterocycles. The lowest BCUT2D eigenvalue weighted by Crippen LogP contribution is -2.23. The SMILES string of the molecule is Cc1nn(C)c2ncc(CN3C[C@@H](CN)[C@H](c4ccccc4)C3)cc12. The zero-order valence-corrected chi connectivity index (χ0v) is 14.9. The Kier molecular flexibility index (Phi) is 4.27. The third-order valence-electron chi connectivity index (χ3n) is 5.37. The van der Waals surface area contributed by atoms with Gasteiger partial charge in [-0.1, -0.05) is 30.3 Å². The van der Waals surface area contributed by atoms with E-state index in [0.717, 1.165) is 42.9 Å². The van der Waals surface area contributed by atoms with Crippen LogP contribution in [0.2, 0.25) is 0 Å². The van der Waals surface area contributed by atoms with Crippen molar-refractivity contribution in [1.82, 2.24) is 19.7 Å². The molecule has 0 radical (unpaired) electrons. The van der Waals surface area contributed by atoms with Gasteiger partial charge in [0.25, 0.3) is 0 Å². The summed E-state index contributed by atoms with van der Waals surface area (Å²) in [5.74, 6) is 1.03. The van der Waals surface area contributed by atoms with Gasteiger partial charge in [-0.15, -0.1) is 0 Å². The lowest BCUT2D eigenvalue weighted by Gasteiger charge is -2.17. The maximum atomic E-state index is 6.06. The van der Waals surface area contributed by atoms with E-state index >= 15 is 0 Å². The molecule has 130 valence electrons. The zero-order chi connectivity index (χ0) is 17.4. The van der Waals surface area contributed by atoms with Crippen molar-refractivity contribution >= 4 is 11.0 Å². The van der Waals surface area contributed by atoms with Crippen LogP contribution in [0.25, 0.3) is 11.0 Å². The van der Waals surface area contributed by atoms with E-state index in [1.54, 1.807) is 0 Å². The number of nitrogens with two attached hydrogens (primary N) is 1. The summed E-state index contributed by atoms with van der Waals surface area (Å²) >= 11 is 0. The van der Waals surface area contributed by atoms with Crippen LogP contribution in [-0.4, -0.2) is 39.3 Å². The second-order valence-electron chi connectivity index (χ2n) is 7.13. The number of aromatic nitrogens is 3. The van der Waals surface area contributed by atoms with Gasteiger partial charge in [-0.2, -0.15) is 5.10 Å². The predicted molar refractivity (Wildman–Crippen MR) is 100 cm³/mol. The monoisotopic (exact) mass is 335 g/mol. The van der Waals surface area contributed by atoms with Gasteiger partial charge >= 0.3 is 0 Å². The minimum atomic E-state index is 0.513. The van der Waals surface area contributed by atoms with E-state index in [4.69, 9.17) is 5.73 Å². The van der Waals surface area contributed by atoms with Crippen LogP contribution in [0.4, 0.5) is 0 Å². The molecule has 3 heterocycles. The molecule has 4 rings (SSSR count). The minimum absolute atomic E-state index is 0.513. The summed E-state index contributed by atoms with van der Waals surface area (Å²) in [6, 6.07) is 13.0. The topological polar surface area (TPSA) is 60.0 Å². The molecule has 0 aliphatic carbocycles. The molecule has 5 nitrogen and oxygen atoms in total. The summed E-state index contributed by atoms with van der Waals surface area (Å²) in [5.41, 5.74) is 10.7. The van der Waals surface area contributed by atoms with Crippen molar-refractivity contribution in [3.05, 3.63) is 59.4 Å². The van der Waals surface area contributed by atoms with Gasteiger partial charge < -0.3 is 5.73 Å². The van der Waals surface area contributed by atoms with Gasteiger partial charge in [0.05, 0.1) is 5.69 Å². The van der Waals surface area contributed by atoms with Crippen molar-refractivity contribution in [2.75, 3.05) is 19.6 Å². The summed E-state index contributed by atoms with van der Waals surface area (Å²) in [4.78, 5) is 7.11. The van der Waals surface area contributed by atoms with Crippen LogP contribution in [0.15, 0.2) is 42.6 Å². The summed E-state index contributed by atoms with van der Waals surface area (Å²) < 4.78 is 1.85. The lowest BCUT2D eigenvalue weighted by molar-refractivity contribution is 0.316. The molecule has 5 heteroatoms. The molecular weight excluding hydrogens is 310 g/mol. The molecule has 0 bridgehead atoms. The van der Waals surface area contributed by atoms with Gasteiger partial charge in [0.15, 0.2) is 5.65 Å². The maximum Gasteiger partial charge on any atom is 0.157 e. The first-order valence-corrected chi connectivity index (χ1v) is 8.91. The Morgan fingerprint density at radius 2 is 2.00 bits per heavy atom. The normalized spacial score (nSPS) is 21.2. The fraction of sp³-hybridized carbons (Fsp3) is 0.400. The van der Waals surface area contributed by atoms with Crippen molar-refractivity contribution in [2.45, 2.75) is 19.4 Å². The van der Waals surface area contributed by atoms with Crippen molar-refractivity contribution in [2.24, 2.45) is 18.7 Å². The smallest absolute Gasteiger partial charge is 0.157 e. The largest absolute Gasteiger partial charge is 0.330 e. The molecule has 1 saturated heterocycles. The fourth-order valence-electron chi connectivity index (χ4n) is 4.10. The molecule has 2 N–H and O–H groups in total. The Hall–Kier alpha value is -2.24. The van der Waals surface area contributed by atoms with Crippen LogP contribution in [-0.2, 0) is 13.6 Å². The Bertz CT molecular complexity index is 870. The van der Waals surface area contributed by atoms with Gasteiger partial charge in [-0.25, -0.2) is 4.98 Å². The molecule has 1 aromatic carbocycles. The van der Waals surface area contributed by atoms with Gasteiger partial charge in [0.2, 0.25) is 0 Å². The second-order valence-corrected chi connectivity index (χ2v) is 7.13. The molecule has 0 amide bonds. The van der Waals surface area contributed by atoms with Crippen LogP contribution in [0.5, 0.6) is 0 Å². The minimum Gasteiger partial charge on any atom is -0.330 e. The van der Waals surface area contributed by atoms with E-state index in [1.165, 1.54) is 11.1 Å². The van der Waals surface area contributed by atoms with Crippen molar-refractivity contribution < 1.29 is 0 Å². The predicted octanol–water partition coefficient (Wildman–Crippen LogP) is 2.45. The second kappa shape index (κ2) is 6.58. The van der Waals surface area contributed by atoms with Gasteiger partial charge in [0, 0.05) is 44.2 Å². The maximum absolute atomic E-state index is 6.06. The number of nitrogens with zero attached hydrogens (tertiary/aromatic N) is 4. The van der Waals surface area contributed by atoms with Gasteiger partial charge in [-0.3, -0.25) is 9.58 Å². The Morgan fingerprint density at radius 3 is 2.76 bits per heavy atom. The first-order chi connectivity index (χ1) is 12.2. The molecule has 0 unspecified atom stereocenters. The van der Waals surface area contributed by atoms with Gasteiger partial charge in [-0.05, 0) is 36.6 Å². The van der Waals surface area contributed by atoms with Crippen LogP contribution in [0.3, 0.4) is 0 Å². The molecule has 25 heavy (non-hydrogen) atoms. The summed E-state index contributed by atoms with van der Waals surface area (Å²) in [6.45, 7) is 5.78. The number of likely N-dealkylation sites (tertiary alicyclic amines) is 1. The summed E-state index contributed by atoms with van der Waals surface area (Å²) in [7, 11) is 1.94. The average molecular weight is 335 g/mol. The molecule has 2 atom stereocenters. The van der Waals surface area contributed by atoms with Crippen LogP contribution >= 0.6 is 0 Å². The molecule has 0 spiro atoms. The molecular formula is C20H25N5. The van der Waals surface area contributed by atoms with E-state index in [1.807, 2.05) is 24.9 Å². The summed E-state index contributed by atoms with van der Waals surface area (Å²) in [6.07, 6.45) is 1.98. The third kappa shape index (κ3) is 3.05. The third-order valence-corrected chi connectivity index (χ3v) is 5.37. The molecule has 1 fully saturated rings. The molecule has 1 aliphatic rings. The van der Waals surface area contributed by atoms with E-state index in [9.17, 15) is 0 Å². The number of aryl methyl sites for hydroxylation is 2. The van der Waals surface area contributed by atoms with Crippen LogP contribution in [0.1, 0.15) is 22.7 Å². The standard InChI is InChI=1S/C20H25N5/c1-14-18-8-15(10-22-20(18)24(2)23-14)11-25-12-17(9-21)19(13-25)16-6-4-3-5-7-16/h3-8,10,17,19H,9,11-13,21H2,1-2H3/t17-,19+/m1/s1. The highest BCUT2D eigenvalue weighted by Gasteiger charge is 2.32. The van der Waals surface area contributed by atoms with E-state index in [-0.39, 0.29) is 0 Å². The highest BCUT2D eigenvalue weighted by Crippen LogP contribution is 2.33. The quantitative estimate of drug-likeness (QED) is 0.796. The molecule has 1 aliphatic heterocycles. The number of rotatable bonds is 4. The highest BCUT2D eigenvalue weighted by molar-refractivity contribution is 5.78. The van der Waals surface area contributed by atoms with Crippen molar-refractivity contribution in [3.63, 3.8) is 0 Å². The first kappa shape index (κ1) is 16.2. The summed E-state index contributed by atoms with van der Waals surface area (Å²) in [5, 5.41) is 5.61. The van der Waals surface area contributed by atoms with Crippen molar-refractivity contribution in [3.8, 4) is 0 Å². The average Bonchev–Trinajstić information content (AvgIpc) is 3.16. The Morgan fingerprint density at radius 1 is 1.20 bits per heavy atom. The number of fused-ring (bicyclic) bond motifs is 1. The number of benzene rings is 1. The first-order valence-electron chi connectivity index (χ1n) is 8.91. The number of pyridine rings is 1. The van der Waals surface area contributed by atoms with Crippen molar-refractivity contribution in [1.29, 1.82) is 0 Å². The molecule has 0 saturated carbocycles. The van der Waals surface area contributed by atoms with E-state index in [0.29, 0.717) is 11.8 Å². The zero-order valence-electron chi connectivity index (χ0n) is 14.9. The van der Waals surface area contributed by atoms with Gasteiger partial charge in [0.1, 0.15) is 0 Å². The Labute approximate surface area is 148 Å². The fourth-order valence-corrected chi connectivity index (χ4v) is 4.10. The lowest BCUT2D eigenvalue weighted by atomic mass is 9.89. The number of hydrogen-bond donors (Lipinski definition) is 1. The Balaban J connectivity index is 1.54. The van der Waals surface area contributed by atoms with Crippen LogP contribution < -0.4 is 5.73 Å². The van der Waals surface area contributed by atoms with Crippen LogP contribution in [0, 0.1) is 12.8 Å².